The normalized spacial score (nSPS) is 11.1. The number of hydrogen-bond acceptors (Lipinski definition) is 3. The number of aryl methyl sites for hydroxylation is 1. The van der Waals surface area contributed by atoms with Gasteiger partial charge in [0.2, 0.25) is 0 Å². The van der Waals surface area contributed by atoms with Gasteiger partial charge >= 0.3 is 0 Å². The van der Waals surface area contributed by atoms with Crippen LogP contribution in [0.15, 0.2) is 42.5 Å². The Labute approximate surface area is 123 Å². The van der Waals surface area contributed by atoms with E-state index in [2.05, 4.69) is 54.4 Å². The molecular formula is C17H18N2S. The summed E-state index contributed by atoms with van der Waals surface area (Å²) in [6, 6.07) is 15.1. The molecule has 1 aromatic heterocycles. The molecule has 0 aliphatic heterocycles. The van der Waals surface area contributed by atoms with Crippen LogP contribution in [0, 0.1) is 0 Å². The van der Waals surface area contributed by atoms with E-state index in [1.807, 2.05) is 0 Å². The fraction of sp³-hybridized carbons (Fsp3) is 0.235. The number of aromatic nitrogens is 1. The van der Waals surface area contributed by atoms with Gasteiger partial charge in [-0.15, -0.1) is 11.3 Å². The van der Waals surface area contributed by atoms with Crippen molar-refractivity contribution in [3.63, 3.8) is 0 Å². The zero-order valence-corrected chi connectivity index (χ0v) is 12.4. The molecule has 3 aromatic rings. The van der Waals surface area contributed by atoms with Gasteiger partial charge < -0.3 is 5.73 Å². The van der Waals surface area contributed by atoms with E-state index in [0.29, 0.717) is 5.13 Å². The predicted molar refractivity (Wildman–Crippen MR) is 87.3 cm³/mol. The van der Waals surface area contributed by atoms with Crippen LogP contribution in [-0.2, 0) is 12.8 Å². The predicted octanol–water partition coefficient (Wildman–Crippen LogP) is 4.42. The number of fused-ring (bicyclic) bond motifs is 1. The van der Waals surface area contributed by atoms with Crippen molar-refractivity contribution in [1.82, 2.24) is 4.98 Å². The van der Waals surface area contributed by atoms with Crippen LogP contribution in [0.25, 0.3) is 10.8 Å². The van der Waals surface area contributed by atoms with Gasteiger partial charge in [0.05, 0.1) is 5.69 Å². The molecule has 102 valence electrons. The fourth-order valence-electron chi connectivity index (χ4n) is 2.51. The summed E-state index contributed by atoms with van der Waals surface area (Å²) >= 11 is 1.62. The fourth-order valence-corrected chi connectivity index (χ4v) is 3.42. The lowest BCUT2D eigenvalue weighted by atomic mass is 10.0. The minimum Gasteiger partial charge on any atom is -0.375 e. The smallest absolute Gasteiger partial charge is 0.180 e. The van der Waals surface area contributed by atoms with Crippen LogP contribution in [0.5, 0.6) is 0 Å². The second-order valence-corrected chi connectivity index (χ2v) is 6.15. The summed E-state index contributed by atoms with van der Waals surface area (Å²) < 4.78 is 0. The minimum absolute atomic E-state index is 0.684. The van der Waals surface area contributed by atoms with E-state index >= 15 is 0 Å². The lowest BCUT2D eigenvalue weighted by Crippen LogP contribution is -1.93. The molecule has 0 aliphatic carbocycles. The van der Waals surface area contributed by atoms with Gasteiger partial charge in [-0.1, -0.05) is 55.8 Å². The highest BCUT2D eigenvalue weighted by molar-refractivity contribution is 7.15. The summed E-state index contributed by atoms with van der Waals surface area (Å²) in [6.45, 7) is 2.18. The van der Waals surface area contributed by atoms with Crippen LogP contribution >= 0.6 is 11.3 Å². The number of thiazole rings is 1. The topological polar surface area (TPSA) is 38.9 Å². The number of hydrogen-bond donors (Lipinski definition) is 1. The SMILES string of the molecule is CCCc1nc(N)sc1Cc1ccc2ccccc2c1. The van der Waals surface area contributed by atoms with Gasteiger partial charge in [0.1, 0.15) is 0 Å². The standard InChI is InChI=1S/C17H18N2S/c1-2-5-15-16(20-17(18)19-15)11-12-8-9-13-6-3-4-7-14(13)10-12/h3-4,6-10H,2,5,11H2,1H3,(H2,18,19). The third kappa shape index (κ3) is 2.68. The van der Waals surface area contributed by atoms with Crippen molar-refractivity contribution in [3.8, 4) is 0 Å². The van der Waals surface area contributed by atoms with E-state index in [4.69, 9.17) is 5.73 Å². The molecule has 20 heavy (non-hydrogen) atoms. The number of nitrogens with zero attached hydrogens (tertiary/aromatic N) is 1. The maximum Gasteiger partial charge on any atom is 0.180 e. The van der Waals surface area contributed by atoms with E-state index in [1.165, 1.54) is 26.9 Å². The van der Waals surface area contributed by atoms with E-state index in [1.54, 1.807) is 11.3 Å². The second kappa shape index (κ2) is 5.63. The number of benzene rings is 2. The molecular weight excluding hydrogens is 264 g/mol. The molecule has 1 heterocycles. The Kier molecular flexibility index (Phi) is 3.70. The number of anilines is 1. The van der Waals surface area contributed by atoms with Crippen molar-refractivity contribution >= 4 is 27.2 Å². The first-order chi connectivity index (χ1) is 9.76. The lowest BCUT2D eigenvalue weighted by molar-refractivity contribution is 0.879. The molecule has 0 saturated carbocycles. The highest BCUT2D eigenvalue weighted by Gasteiger charge is 2.09. The van der Waals surface area contributed by atoms with Gasteiger partial charge in [-0.05, 0) is 22.8 Å². The van der Waals surface area contributed by atoms with Gasteiger partial charge in [-0.2, -0.15) is 0 Å². The highest BCUT2D eigenvalue weighted by atomic mass is 32.1. The van der Waals surface area contributed by atoms with Crippen molar-refractivity contribution in [2.24, 2.45) is 0 Å². The highest BCUT2D eigenvalue weighted by Crippen LogP contribution is 2.26. The Balaban J connectivity index is 1.92. The van der Waals surface area contributed by atoms with Crippen LogP contribution < -0.4 is 5.73 Å². The maximum absolute atomic E-state index is 5.86. The third-order valence-electron chi connectivity index (χ3n) is 3.46. The minimum atomic E-state index is 0.684. The van der Waals surface area contributed by atoms with Crippen molar-refractivity contribution < 1.29 is 0 Å². The summed E-state index contributed by atoms with van der Waals surface area (Å²) in [5.74, 6) is 0. The molecule has 2 nitrogen and oxygen atoms in total. The molecule has 0 spiro atoms. The molecule has 3 heteroatoms. The molecule has 2 aromatic carbocycles. The Bertz CT molecular complexity index is 731. The first-order valence-corrected chi connectivity index (χ1v) is 7.79. The van der Waals surface area contributed by atoms with E-state index in [-0.39, 0.29) is 0 Å². The molecule has 0 aliphatic rings. The van der Waals surface area contributed by atoms with E-state index < -0.39 is 0 Å². The van der Waals surface area contributed by atoms with Gasteiger partial charge in [0.25, 0.3) is 0 Å². The summed E-state index contributed by atoms with van der Waals surface area (Å²) in [7, 11) is 0. The van der Waals surface area contributed by atoms with Crippen LogP contribution in [0.3, 0.4) is 0 Å². The Morgan fingerprint density at radius 2 is 1.90 bits per heavy atom. The van der Waals surface area contributed by atoms with Crippen LogP contribution in [0.4, 0.5) is 5.13 Å². The quantitative estimate of drug-likeness (QED) is 0.769. The van der Waals surface area contributed by atoms with Crippen LogP contribution in [0.1, 0.15) is 29.5 Å². The molecule has 0 bridgehead atoms. The second-order valence-electron chi connectivity index (χ2n) is 5.03. The monoisotopic (exact) mass is 282 g/mol. The zero-order valence-electron chi connectivity index (χ0n) is 11.6. The maximum atomic E-state index is 5.86. The Morgan fingerprint density at radius 3 is 2.70 bits per heavy atom. The van der Waals surface area contributed by atoms with Crippen molar-refractivity contribution in [1.29, 1.82) is 0 Å². The third-order valence-corrected chi connectivity index (χ3v) is 4.39. The molecule has 3 rings (SSSR count). The van der Waals surface area contributed by atoms with Crippen LogP contribution in [-0.4, -0.2) is 4.98 Å². The van der Waals surface area contributed by atoms with Crippen molar-refractivity contribution in [2.75, 3.05) is 5.73 Å². The molecule has 2 N–H and O–H groups in total. The van der Waals surface area contributed by atoms with Crippen LogP contribution in [0.2, 0.25) is 0 Å². The first kappa shape index (κ1) is 13.1. The number of nitrogen functional groups attached to an aromatic ring is 1. The molecule has 0 unspecified atom stereocenters. The average molecular weight is 282 g/mol. The number of nitrogens with two attached hydrogens (primary N) is 1. The molecule has 0 radical (unpaired) electrons. The largest absolute Gasteiger partial charge is 0.375 e. The van der Waals surface area contributed by atoms with Gasteiger partial charge in [0, 0.05) is 11.3 Å². The van der Waals surface area contributed by atoms with Crippen molar-refractivity contribution in [3.05, 3.63) is 58.6 Å². The van der Waals surface area contributed by atoms with Gasteiger partial charge in [0.15, 0.2) is 5.13 Å². The summed E-state index contributed by atoms with van der Waals surface area (Å²) in [4.78, 5) is 5.76. The molecule has 0 fully saturated rings. The Morgan fingerprint density at radius 1 is 1.10 bits per heavy atom. The first-order valence-electron chi connectivity index (χ1n) is 6.98. The average Bonchev–Trinajstić information content (AvgIpc) is 2.79. The van der Waals surface area contributed by atoms with Crippen molar-refractivity contribution in [2.45, 2.75) is 26.2 Å². The molecule has 0 amide bonds. The molecule has 0 atom stereocenters. The summed E-state index contributed by atoms with van der Waals surface area (Å²) in [5, 5.41) is 3.26. The lowest BCUT2D eigenvalue weighted by Gasteiger charge is -2.04. The molecule has 0 saturated heterocycles. The summed E-state index contributed by atoms with van der Waals surface area (Å²) in [5.41, 5.74) is 8.35. The van der Waals surface area contributed by atoms with E-state index in [0.717, 1.165) is 19.3 Å². The Hall–Kier alpha value is -1.87. The van der Waals surface area contributed by atoms with E-state index in [9.17, 15) is 0 Å². The zero-order chi connectivity index (χ0) is 13.9. The number of rotatable bonds is 4. The summed E-state index contributed by atoms with van der Waals surface area (Å²) in [6.07, 6.45) is 3.04. The van der Waals surface area contributed by atoms with Gasteiger partial charge in [-0.3, -0.25) is 0 Å². The van der Waals surface area contributed by atoms with Gasteiger partial charge in [-0.25, -0.2) is 4.98 Å².